The van der Waals surface area contributed by atoms with Gasteiger partial charge in [-0.25, -0.2) is 0 Å². The van der Waals surface area contributed by atoms with Crippen LogP contribution in [0.1, 0.15) is 12.5 Å². The molecule has 3 nitrogen and oxygen atoms in total. The molecule has 1 heterocycles. The van der Waals surface area contributed by atoms with Gasteiger partial charge < -0.3 is 4.90 Å². The number of carbonyl (C=O) groups excluding carboxylic acids is 1. The van der Waals surface area contributed by atoms with Gasteiger partial charge in [-0.2, -0.15) is 0 Å². The Morgan fingerprint density at radius 3 is 2.71 bits per heavy atom. The lowest BCUT2D eigenvalue weighted by atomic mass is 10.2. The molecule has 0 aromatic carbocycles. The predicted molar refractivity (Wildman–Crippen MR) is 55.5 cm³/mol. The van der Waals surface area contributed by atoms with Crippen LogP contribution in [-0.4, -0.2) is 22.3 Å². The van der Waals surface area contributed by atoms with Crippen LogP contribution in [0.4, 0.5) is 0 Å². The van der Waals surface area contributed by atoms with E-state index in [1.165, 1.54) is 6.08 Å². The van der Waals surface area contributed by atoms with Crippen LogP contribution in [0.2, 0.25) is 0 Å². The van der Waals surface area contributed by atoms with E-state index in [1.807, 2.05) is 19.1 Å². The lowest BCUT2D eigenvalue weighted by Crippen LogP contribution is -2.28. The first kappa shape index (κ1) is 10.4. The van der Waals surface area contributed by atoms with Crippen LogP contribution < -0.4 is 0 Å². The van der Waals surface area contributed by atoms with Gasteiger partial charge in [-0.1, -0.05) is 6.58 Å². The van der Waals surface area contributed by atoms with Crippen LogP contribution in [0, 0.1) is 0 Å². The summed E-state index contributed by atoms with van der Waals surface area (Å²) in [6.07, 6.45) is 4.79. The number of carbonyl (C=O) groups is 1. The molecule has 0 saturated heterocycles. The smallest absolute Gasteiger partial charge is 0.246 e. The fraction of sp³-hybridized carbons (Fsp3) is 0.273. The number of pyridine rings is 1. The van der Waals surface area contributed by atoms with Crippen molar-refractivity contribution in [3.05, 3.63) is 42.7 Å². The fourth-order valence-corrected chi connectivity index (χ4v) is 1.18. The Morgan fingerprint density at radius 1 is 1.57 bits per heavy atom. The summed E-state index contributed by atoms with van der Waals surface area (Å²) in [6, 6.07) is 3.80. The third-order valence-electron chi connectivity index (χ3n) is 1.99. The molecule has 0 radical (unpaired) electrons. The highest BCUT2D eigenvalue weighted by atomic mass is 16.2. The van der Waals surface area contributed by atoms with Gasteiger partial charge in [0.15, 0.2) is 0 Å². The van der Waals surface area contributed by atoms with E-state index < -0.39 is 0 Å². The molecule has 0 N–H and O–H groups in total. The minimum absolute atomic E-state index is 0.0377. The van der Waals surface area contributed by atoms with Crippen LogP contribution >= 0.6 is 0 Å². The first-order valence-corrected chi connectivity index (χ1v) is 4.58. The summed E-state index contributed by atoms with van der Waals surface area (Å²) in [4.78, 5) is 17.0. The molecule has 0 unspecified atom stereocenters. The second-order valence-electron chi connectivity index (χ2n) is 2.91. The molecule has 3 heteroatoms. The standard InChI is InChI=1S/C11H14N2O/c1-3-11(14)13(4-2)9-10-5-7-12-8-6-10/h3,5-8H,1,4,9H2,2H3. The summed E-state index contributed by atoms with van der Waals surface area (Å²) < 4.78 is 0. The van der Waals surface area contributed by atoms with E-state index in [0.717, 1.165) is 5.56 Å². The quantitative estimate of drug-likeness (QED) is 0.676. The van der Waals surface area contributed by atoms with Crippen molar-refractivity contribution in [3.8, 4) is 0 Å². The number of aromatic nitrogens is 1. The normalized spacial score (nSPS) is 9.50. The van der Waals surface area contributed by atoms with E-state index in [4.69, 9.17) is 0 Å². The second-order valence-corrected chi connectivity index (χ2v) is 2.91. The van der Waals surface area contributed by atoms with Crippen molar-refractivity contribution >= 4 is 5.91 Å². The third kappa shape index (κ3) is 2.69. The Morgan fingerprint density at radius 2 is 2.21 bits per heavy atom. The van der Waals surface area contributed by atoms with E-state index in [-0.39, 0.29) is 5.91 Å². The maximum atomic E-state index is 11.3. The maximum absolute atomic E-state index is 11.3. The molecule has 1 aromatic rings. The Kier molecular flexibility index (Phi) is 3.85. The molecule has 1 rings (SSSR count). The Bertz CT molecular complexity index is 308. The van der Waals surface area contributed by atoms with E-state index in [1.54, 1.807) is 17.3 Å². The molecule has 1 aromatic heterocycles. The van der Waals surface area contributed by atoms with Crippen LogP contribution in [0.15, 0.2) is 37.2 Å². The van der Waals surface area contributed by atoms with Gasteiger partial charge in [0.05, 0.1) is 0 Å². The summed E-state index contributed by atoms with van der Waals surface area (Å²) in [7, 11) is 0. The number of rotatable bonds is 4. The summed E-state index contributed by atoms with van der Waals surface area (Å²) in [5, 5.41) is 0. The van der Waals surface area contributed by atoms with Gasteiger partial charge in [-0.15, -0.1) is 0 Å². The molecule has 0 fully saturated rings. The molecule has 1 amide bonds. The number of amides is 1. The van der Waals surface area contributed by atoms with Gasteiger partial charge in [-0.3, -0.25) is 9.78 Å². The molecule has 0 aliphatic heterocycles. The molecular weight excluding hydrogens is 176 g/mol. The summed E-state index contributed by atoms with van der Waals surface area (Å²) >= 11 is 0. The Balaban J connectivity index is 2.66. The van der Waals surface area contributed by atoms with Crippen LogP contribution in [0.5, 0.6) is 0 Å². The van der Waals surface area contributed by atoms with Crippen LogP contribution in [0.25, 0.3) is 0 Å². The van der Waals surface area contributed by atoms with Crippen molar-refractivity contribution in [2.45, 2.75) is 13.5 Å². The van der Waals surface area contributed by atoms with Crippen molar-refractivity contribution in [3.63, 3.8) is 0 Å². The fourth-order valence-electron chi connectivity index (χ4n) is 1.18. The zero-order valence-electron chi connectivity index (χ0n) is 8.31. The van der Waals surface area contributed by atoms with Gasteiger partial charge in [0.1, 0.15) is 0 Å². The zero-order chi connectivity index (χ0) is 10.4. The van der Waals surface area contributed by atoms with Gasteiger partial charge in [0.25, 0.3) is 0 Å². The average molecular weight is 190 g/mol. The average Bonchev–Trinajstić information content (AvgIpc) is 2.26. The Hall–Kier alpha value is -1.64. The third-order valence-corrected chi connectivity index (χ3v) is 1.99. The van der Waals surface area contributed by atoms with Crippen molar-refractivity contribution < 1.29 is 4.79 Å². The predicted octanol–water partition coefficient (Wildman–Crippen LogP) is 1.62. The van der Waals surface area contributed by atoms with Crippen molar-refractivity contribution in [1.82, 2.24) is 9.88 Å². The highest BCUT2D eigenvalue weighted by molar-refractivity contribution is 5.86. The Labute approximate surface area is 84.1 Å². The number of likely N-dealkylation sites (N-methyl/N-ethyl adjacent to an activating group) is 1. The first-order valence-electron chi connectivity index (χ1n) is 4.58. The zero-order valence-corrected chi connectivity index (χ0v) is 8.31. The summed E-state index contributed by atoms with van der Waals surface area (Å²) in [5.41, 5.74) is 1.08. The van der Waals surface area contributed by atoms with Gasteiger partial charge in [0.2, 0.25) is 5.91 Å². The molecule has 0 spiro atoms. The number of nitrogens with zero attached hydrogens (tertiary/aromatic N) is 2. The number of hydrogen-bond acceptors (Lipinski definition) is 2. The van der Waals surface area contributed by atoms with E-state index in [9.17, 15) is 4.79 Å². The molecule has 0 aliphatic carbocycles. The van der Waals surface area contributed by atoms with Gasteiger partial charge in [-0.05, 0) is 30.7 Å². The van der Waals surface area contributed by atoms with Crippen LogP contribution in [0.3, 0.4) is 0 Å². The SMILES string of the molecule is C=CC(=O)N(CC)Cc1ccncc1. The largest absolute Gasteiger partial charge is 0.335 e. The van der Waals surface area contributed by atoms with E-state index >= 15 is 0 Å². The number of hydrogen-bond donors (Lipinski definition) is 0. The molecule has 14 heavy (non-hydrogen) atoms. The highest BCUT2D eigenvalue weighted by Gasteiger charge is 2.07. The highest BCUT2D eigenvalue weighted by Crippen LogP contribution is 2.03. The topological polar surface area (TPSA) is 33.2 Å². The monoisotopic (exact) mass is 190 g/mol. The molecule has 0 aliphatic rings. The molecule has 74 valence electrons. The molecule has 0 bridgehead atoms. The van der Waals surface area contributed by atoms with Gasteiger partial charge >= 0.3 is 0 Å². The summed E-state index contributed by atoms with van der Waals surface area (Å²) in [6.45, 7) is 6.72. The minimum atomic E-state index is -0.0377. The van der Waals surface area contributed by atoms with Gasteiger partial charge in [0, 0.05) is 25.5 Å². The minimum Gasteiger partial charge on any atom is -0.335 e. The molecular formula is C11H14N2O. The lowest BCUT2D eigenvalue weighted by Gasteiger charge is -2.18. The maximum Gasteiger partial charge on any atom is 0.246 e. The van der Waals surface area contributed by atoms with Crippen molar-refractivity contribution in [2.24, 2.45) is 0 Å². The molecule has 0 saturated carbocycles. The lowest BCUT2D eigenvalue weighted by molar-refractivity contribution is -0.126. The van der Waals surface area contributed by atoms with E-state index in [2.05, 4.69) is 11.6 Å². The van der Waals surface area contributed by atoms with Crippen molar-refractivity contribution in [1.29, 1.82) is 0 Å². The van der Waals surface area contributed by atoms with Crippen LogP contribution in [-0.2, 0) is 11.3 Å². The summed E-state index contributed by atoms with van der Waals surface area (Å²) in [5.74, 6) is -0.0377. The van der Waals surface area contributed by atoms with E-state index in [0.29, 0.717) is 13.1 Å². The van der Waals surface area contributed by atoms with Crippen molar-refractivity contribution in [2.75, 3.05) is 6.54 Å². The second kappa shape index (κ2) is 5.17. The first-order chi connectivity index (χ1) is 6.77. The molecule has 0 atom stereocenters.